The molecule has 7 heteroatoms. The van der Waals surface area contributed by atoms with Crippen molar-refractivity contribution in [2.24, 2.45) is 0 Å². The Bertz CT molecular complexity index is 398. The Morgan fingerprint density at radius 1 is 1.47 bits per heavy atom. The minimum absolute atomic E-state index is 0.143. The van der Waals surface area contributed by atoms with Crippen LogP contribution in [-0.4, -0.2) is 38.7 Å². The van der Waals surface area contributed by atoms with E-state index in [1.165, 1.54) is 23.9 Å². The first-order valence-corrected chi connectivity index (χ1v) is 6.03. The van der Waals surface area contributed by atoms with Gasteiger partial charge in [-0.2, -0.15) is 11.8 Å². The molecule has 6 nitrogen and oxygen atoms in total. The third-order valence-electron chi connectivity index (χ3n) is 2.04. The summed E-state index contributed by atoms with van der Waals surface area (Å²) < 4.78 is 0. The number of phenols is 1. The molecule has 0 aromatic heterocycles. The van der Waals surface area contributed by atoms with E-state index < -0.39 is 11.0 Å². The Hall–Kier alpha value is -1.31. The largest absolute Gasteiger partial charge is 0.508 e. The number of phenolic OH excluding ortho intramolecular Hbond substituents is 1. The molecule has 94 valence electrons. The van der Waals surface area contributed by atoms with E-state index in [1.54, 1.807) is 0 Å². The van der Waals surface area contributed by atoms with Crippen molar-refractivity contribution in [1.29, 1.82) is 0 Å². The van der Waals surface area contributed by atoms with Crippen molar-refractivity contribution >= 4 is 17.4 Å². The molecule has 1 atom stereocenters. The standard InChI is InChI=1S/C10H13NO5S/c12-4-9(14)6-17-5-7-1-2-8(13)3-10(7)11(15)16/h1-3,9,12-14H,4-6H2. The summed E-state index contributed by atoms with van der Waals surface area (Å²) >= 11 is 1.28. The summed E-state index contributed by atoms with van der Waals surface area (Å²) in [6.45, 7) is -0.329. The van der Waals surface area contributed by atoms with Crippen molar-refractivity contribution in [3.8, 4) is 5.75 Å². The first-order valence-electron chi connectivity index (χ1n) is 4.87. The third-order valence-corrected chi connectivity index (χ3v) is 3.18. The van der Waals surface area contributed by atoms with Crippen molar-refractivity contribution in [1.82, 2.24) is 0 Å². The summed E-state index contributed by atoms with van der Waals surface area (Å²) in [5.41, 5.74) is 0.332. The average Bonchev–Trinajstić information content (AvgIpc) is 2.30. The summed E-state index contributed by atoms with van der Waals surface area (Å²) in [4.78, 5) is 10.2. The number of rotatable bonds is 6. The number of thioether (sulfide) groups is 1. The van der Waals surface area contributed by atoms with Crippen molar-refractivity contribution in [2.75, 3.05) is 12.4 Å². The van der Waals surface area contributed by atoms with E-state index in [0.29, 0.717) is 17.1 Å². The fourth-order valence-electron chi connectivity index (χ4n) is 1.20. The fraction of sp³-hybridized carbons (Fsp3) is 0.400. The molecule has 0 radical (unpaired) electrons. The molecule has 1 aromatic carbocycles. The van der Waals surface area contributed by atoms with Crippen LogP contribution < -0.4 is 0 Å². The summed E-state index contributed by atoms with van der Waals surface area (Å²) in [5.74, 6) is 0.489. The van der Waals surface area contributed by atoms with Crippen molar-refractivity contribution in [3.05, 3.63) is 33.9 Å². The topological polar surface area (TPSA) is 104 Å². The zero-order chi connectivity index (χ0) is 12.8. The van der Waals surface area contributed by atoms with Gasteiger partial charge in [-0.1, -0.05) is 0 Å². The Morgan fingerprint density at radius 3 is 2.76 bits per heavy atom. The van der Waals surface area contributed by atoms with Crippen LogP contribution in [0.3, 0.4) is 0 Å². The van der Waals surface area contributed by atoms with Crippen LogP contribution in [-0.2, 0) is 5.75 Å². The quantitative estimate of drug-likeness (QED) is 0.517. The number of benzene rings is 1. The molecular weight excluding hydrogens is 246 g/mol. The van der Waals surface area contributed by atoms with E-state index in [9.17, 15) is 10.1 Å². The second kappa shape index (κ2) is 6.43. The van der Waals surface area contributed by atoms with Gasteiger partial charge in [0.1, 0.15) is 5.75 Å². The Kier molecular flexibility index (Phi) is 5.20. The van der Waals surface area contributed by atoms with E-state index in [4.69, 9.17) is 15.3 Å². The lowest BCUT2D eigenvalue weighted by Gasteiger charge is -2.07. The monoisotopic (exact) mass is 259 g/mol. The molecule has 1 aromatic rings. The fourth-order valence-corrected chi connectivity index (χ4v) is 2.16. The van der Waals surface area contributed by atoms with Gasteiger partial charge >= 0.3 is 0 Å². The molecule has 0 aliphatic carbocycles. The number of nitrogens with zero attached hydrogens (tertiary/aromatic N) is 1. The number of nitro groups is 1. The second-order valence-corrected chi connectivity index (χ2v) is 4.45. The van der Waals surface area contributed by atoms with Crippen LogP contribution in [0.5, 0.6) is 5.75 Å². The van der Waals surface area contributed by atoms with Crippen LogP contribution in [0.25, 0.3) is 0 Å². The van der Waals surface area contributed by atoms with Gasteiger partial charge in [-0.15, -0.1) is 0 Å². The van der Waals surface area contributed by atoms with Crippen molar-refractivity contribution < 1.29 is 20.2 Å². The van der Waals surface area contributed by atoms with Gasteiger partial charge in [0.05, 0.1) is 23.7 Å². The molecule has 0 fully saturated rings. The third kappa shape index (κ3) is 4.22. The minimum atomic E-state index is -0.823. The zero-order valence-corrected chi connectivity index (χ0v) is 9.76. The first kappa shape index (κ1) is 13.8. The maximum absolute atomic E-state index is 10.7. The van der Waals surface area contributed by atoms with Gasteiger partial charge in [0.15, 0.2) is 0 Å². The van der Waals surface area contributed by atoms with Gasteiger partial charge in [0, 0.05) is 17.1 Å². The van der Waals surface area contributed by atoms with E-state index in [-0.39, 0.29) is 18.0 Å². The summed E-state index contributed by atoms with van der Waals surface area (Å²) in [6, 6.07) is 3.95. The van der Waals surface area contributed by atoms with Gasteiger partial charge in [-0.05, 0) is 12.1 Å². The highest BCUT2D eigenvalue weighted by Crippen LogP contribution is 2.27. The number of nitro benzene ring substituents is 1. The molecule has 0 spiro atoms. The lowest BCUT2D eigenvalue weighted by Crippen LogP contribution is -2.14. The van der Waals surface area contributed by atoms with Crippen molar-refractivity contribution in [3.63, 3.8) is 0 Å². The van der Waals surface area contributed by atoms with Crippen LogP contribution in [0.15, 0.2) is 18.2 Å². The molecule has 0 heterocycles. The molecule has 0 saturated carbocycles. The first-order chi connectivity index (χ1) is 8.04. The molecule has 0 aliphatic heterocycles. The second-order valence-electron chi connectivity index (χ2n) is 3.42. The predicted molar refractivity (Wildman–Crippen MR) is 64.0 cm³/mol. The number of hydrogen-bond acceptors (Lipinski definition) is 6. The highest BCUT2D eigenvalue weighted by molar-refractivity contribution is 7.98. The van der Waals surface area contributed by atoms with E-state index in [2.05, 4.69) is 0 Å². The van der Waals surface area contributed by atoms with Gasteiger partial charge in [0.2, 0.25) is 0 Å². The minimum Gasteiger partial charge on any atom is -0.508 e. The lowest BCUT2D eigenvalue weighted by atomic mass is 10.2. The molecule has 17 heavy (non-hydrogen) atoms. The maximum Gasteiger partial charge on any atom is 0.277 e. The lowest BCUT2D eigenvalue weighted by molar-refractivity contribution is -0.385. The van der Waals surface area contributed by atoms with Gasteiger partial charge in [-0.25, -0.2) is 0 Å². The smallest absolute Gasteiger partial charge is 0.277 e. The van der Waals surface area contributed by atoms with E-state index >= 15 is 0 Å². The maximum atomic E-state index is 10.7. The SMILES string of the molecule is O=[N+]([O-])c1cc(O)ccc1CSCC(O)CO. The highest BCUT2D eigenvalue weighted by Gasteiger charge is 2.14. The Morgan fingerprint density at radius 2 is 2.18 bits per heavy atom. The summed E-state index contributed by atoms with van der Waals surface area (Å²) in [6.07, 6.45) is -0.823. The molecule has 3 N–H and O–H groups in total. The van der Waals surface area contributed by atoms with Crippen LogP contribution in [0.1, 0.15) is 5.56 Å². The van der Waals surface area contributed by atoms with Gasteiger partial charge < -0.3 is 15.3 Å². The van der Waals surface area contributed by atoms with Crippen molar-refractivity contribution in [2.45, 2.75) is 11.9 Å². The molecular formula is C10H13NO5S. The molecule has 0 bridgehead atoms. The molecule has 0 aliphatic rings. The molecule has 1 rings (SSSR count). The van der Waals surface area contributed by atoms with E-state index in [0.717, 1.165) is 6.07 Å². The normalized spacial score (nSPS) is 12.4. The average molecular weight is 259 g/mol. The van der Waals surface area contributed by atoms with Gasteiger partial charge in [-0.3, -0.25) is 10.1 Å². The van der Waals surface area contributed by atoms with Crippen LogP contribution in [0.2, 0.25) is 0 Å². The highest BCUT2D eigenvalue weighted by atomic mass is 32.2. The number of aliphatic hydroxyl groups excluding tert-OH is 2. The van der Waals surface area contributed by atoms with Crippen LogP contribution >= 0.6 is 11.8 Å². The summed E-state index contributed by atoms with van der Waals surface area (Å²) in [5, 5.41) is 37.6. The predicted octanol–water partition coefficient (Wildman–Crippen LogP) is 0.887. The molecule has 0 saturated heterocycles. The Labute approximate surface area is 102 Å². The number of hydrogen-bond donors (Lipinski definition) is 3. The molecule has 1 unspecified atom stereocenters. The van der Waals surface area contributed by atoms with Crippen LogP contribution in [0.4, 0.5) is 5.69 Å². The molecule has 0 amide bonds. The van der Waals surface area contributed by atoms with Gasteiger partial charge in [0.25, 0.3) is 5.69 Å². The number of aromatic hydroxyl groups is 1. The Balaban J connectivity index is 2.67. The van der Waals surface area contributed by atoms with Crippen LogP contribution in [0, 0.1) is 10.1 Å². The number of aliphatic hydroxyl groups is 2. The van der Waals surface area contributed by atoms with E-state index in [1.807, 2.05) is 0 Å². The zero-order valence-electron chi connectivity index (χ0n) is 8.94. The summed E-state index contributed by atoms with van der Waals surface area (Å²) in [7, 11) is 0.